The summed E-state index contributed by atoms with van der Waals surface area (Å²) in [5, 5.41) is 14.4. The molecule has 0 bridgehead atoms. The molecule has 132 valence electrons. The van der Waals surface area contributed by atoms with E-state index in [0.717, 1.165) is 5.56 Å². The van der Waals surface area contributed by atoms with Crippen LogP contribution < -0.4 is 16.2 Å². The molecule has 1 atom stereocenters. The van der Waals surface area contributed by atoms with Crippen LogP contribution in [0.2, 0.25) is 0 Å². The molecule has 0 saturated heterocycles. The van der Waals surface area contributed by atoms with Crippen molar-refractivity contribution in [2.45, 2.75) is 26.5 Å². The van der Waals surface area contributed by atoms with Crippen LogP contribution >= 0.6 is 0 Å². The molecule has 2 rings (SSSR count). The number of aryl methyl sites for hydroxylation is 1. The van der Waals surface area contributed by atoms with Gasteiger partial charge in [-0.05, 0) is 49.7 Å². The van der Waals surface area contributed by atoms with Crippen LogP contribution in [0.1, 0.15) is 22.8 Å². The van der Waals surface area contributed by atoms with Crippen molar-refractivity contribution in [3.63, 3.8) is 0 Å². The zero-order chi connectivity index (χ0) is 18.4. The molecule has 0 spiro atoms. The Bertz CT molecular complexity index is 810. The lowest BCUT2D eigenvalue weighted by atomic mass is 10.2. The molecule has 2 aromatic rings. The molecule has 0 aliphatic carbocycles. The van der Waals surface area contributed by atoms with E-state index in [2.05, 4.69) is 10.6 Å². The first-order valence-corrected chi connectivity index (χ1v) is 7.88. The summed E-state index contributed by atoms with van der Waals surface area (Å²) in [5.74, 6) is -0.637. The van der Waals surface area contributed by atoms with Crippen LogP contribution in [0.5, 0.6) is 0 Å². The van der Waals surface area contributed by atoms with Crippen molar-refractivity contribution in [2.24, 2.45) is 0 Å². The molecule has 7 heteroatoms. The Morgan fingerprint density at radius 1 is 1.20 bits per heavy atom. The topological polar surface area (TPSA) is 100 Å². The van der Waals surface area contributed by atoms with Crippen molar-refractivity contribution < 1.29 is 14.7 Å². The first-order chi connectivity index (χ1) is 11.8. The predicted molar refractivity (Wildman–Crippen MR) is 94.5 cm³/mol. The summed E-state index contributed by atoms with van der Waals surface area (Å²) in [7, 11) is 0. The summed E-state index contributed by atoms with van der Waals surface area (Å²) < 4.78 is 1.32. The Hall–Kier alpha value is -2.93. The van der Waals surface area contributed by atoms with Crippen LogP contribution in [0.25, 0.3) is 0 Å². The van der Waals surface area contributed by atoms with Gasteiger partial charge in [0.25, 0.3) is 11.5 Å². The number of carbonyl (C=O) groups is 2. The van der Waals surface area contributed by atoms with Gasteiger partial charge in [0.05, 0.1) is 6.10 Å². The minimum atomic E-state index is -0.618. The van der Waals surface area contributed by atoms with Crippen LogP contribution in [0.4, 0.5) is 5.69 Å². The largest absolute Gasteiger partial charge is 0.392 e. The second kappa shape index (κ2) is 8.25. The molecule has 0 fully saturated rings. The van der Waals surface area contributed by atoms with E-state index in [1.54, 1.807) is 43.5 Å². The van der Waals surface area contributed by atoms with Gasteiger partial charge in [-0.2, -0.15) is 0 Å². The van der Waals surface area contributed by atoms with E-state index in [-0.39, 0.29) is 30.5 Å². The first kappa shape index (κ1) is 18.4. The number of anilines is 1. The molecular formula is C18H21N3O4. The van der Waals surface area contributed by atoms with Crippen molar-refractivity contribution in [1.29, 1.82) is 0 Å². The number of pyridine rings is 1. The summed E-state index contributed by atoms with van der Waals surface area (Å²) in [5.41, 5.74) is 1.55. The zero-order valence-electron chi connectivity index (χ0n) is 14.2. The van der Waals surface area contributed by atoms with Crippen LogP contribution in [0.15, 0.2) is 47.4 Å². The minimum absolute atomic E-state index is 0.0876. The highest BCUT2D eigenvalue weighted by Gasteiger charge is 2.08. The molecule has 7 nitrogen and oxygen atoms in total. The minimum Gasteiger partial charge on any atom is -0.392 e. The fourth-order valence-electron chi connectivity index (χ4n) is 2.14. The van der Waals surface area contributed by atoms with Crippen LogP contribution in [-0.4, -0.2) is 34.1 Å². The second-order valence-corrected chi connectivity index (χ2v) is 5.85. The second-order valence-electron chi connectivity index (χ2n) is 5.85. The number of amides is 2. The van der Waals surface area contributed by atoms with Crippen molar-refractivity contribution in [1.82, 2.24) is 9.88 Å². The van der Waals surface area contributed by atoms with Gasteiger partial charge >= 0.3 is 0 Å². The molecule has 25 heavy (non-hydrogen) atoms. The SMILES string of the molecule is Cc1ccn(CC(=O)Nc2ccc(C(=O)NCC(C)O)cc2)c(=O)c1. The molecule has 0 aliphatic heterocycles. The van der Waals surface area contributed by atoms with Crippen molar-refractivity contribution in [3.05, 3.63) is 64.1 Å². The maximum Gasteiger partial charge on any atom is 0.251 e. The summed E-state index contributed by atoms with van der Waals surface area (Å²) >= 11 is 0. The first-order valence-electron chi connectivity index (χ1n) is 7.88. The Labute approximate surface area is 145 Å². The average molecular weight is 343 g/mol. The summed E-state index contributed by atoms with van der Waals surface area (Å²) in [4.78, 5) is 35.7. The van der Waals surface area contributed by atoms with Gasteiger partial charge in [-0.25, -0.2) is 0 Å². The van der Waals surface area contributed by atoms with E-state index in [0.29, 0.717) is 11.3 Å². The quantitative estimate of drug-likeness (QED) is 0.726. The number of hydrogen-bond donors (Lipinski definition) is 3. The maximum absolute atomic E-state index is 12.0. The third kappa shape index (κ3) is 5.58. The molecule has 1 heterocycles. The van der Waals surface area contributed by atoms with Crippen molar-refractivity contribution in [3.8, 4) is 0 Å². The maximum atomic E-state index is 12.0. The van der Waals surface area contributed by atoms with Crippen molar-refractivity contribution >= 4 is 17.5 Å². The van der Waals surface area contributed by atoms with Gasteiger partial charge in [-0.1, -0.05) is 0 Å². The number of benzene rings is 1. The summed E-state index contributed by atoms with van der Waals surface area (Å²) in [6, 6.07) is 9.58. The van der Waals surface area contributed by atoms with Gasteiger partial charge in [0.1, 0.15) is 6.54 Å². The van der Waals surface area contributed by atoms with E-state index < -0.39 is 6.10 Å². The van der Waals surface area contributed by atoms with Gasteiger partial charge in [-0.15, -0.1) is 0 Å². The molecule has 2 amide bonds. The highest BCUT2D eigenvalue weighted by Crippen LogP contribution is 2.09. The molecule has 0 aliphatic rings. The number of aliphatic hydroxyl groups is 1. The Morgan fingerprint density at radius 2 is 1.88 bits per heavy atom. The van der Waals surface area contributed by atoms with E-state index in [9.17, 15) is 14.4 Å². The van der Waals surface area contributed by atoms with Gasteiger partial charge in [-0.3, -0.25) is 14.4 Å². The molecular weight excluding hydrogens is 322 g/mol. The normalized spacial score (nSPS) is 11.6. The van der Waals surface area contributed by atoms with Crippen LogP contribution in [-0.2, 0) is 11.3 Å². The number of hydrogen-bond acceptors (Lipinski definition) is 4. The van der Waals surface area contributed by atoms with Gasteiger partial charge < -0.3 is 20.3 Å². The third-order valence-corrected chi connectivity index (χ3v) is 3.45. The van der Waals surface area contributed by atoms with Gasteiger partial charge in [0.2, 0.25) is 5.91 Å². The zero-order valence-corrected chi connectivity index (χ0v) is 14.2. The lowest BCUT2D eigenvalue weighted by molar-refractivity contribution is -0.116. The number of nitrogens with zero attached hydrogens (tertiary/aromatic N) is 1. The van der Waals surface area contributed by atoms with E-state index >= 15 is 0 Å². The Morgan fingerprint density at radius 3 is 2.48 bits per heavy atom. The fraction of sp³-hybridized carbons (Fsp3) is 0.278. The highest BCUT2D eigenvalue weighted by atomic mass is 16.3. The third-order valence-electron chi connectivity index (χ3n) is 3.45. The highest BCUT2D eigenvalue weighted by molar-refractivity contribution is 5.95. The van der Waals surface area contributed by atoms with Crippen molar-refractivity contribution in [2.75, 3.05) is 11.9 Å². The monoisotopic (exact) mass is 343 g/mol. The summed E-state index contributed by atoms with van der Waals surface area (Å²) in [6.07, 6.45) is 0.958. The molecule has 3 N–H and O–H groups in total. The number of aliphatic hydroxyl groups excluding tert-OH is 1. The molecule has 0 radical (unpaired) electrons. The van der Waals surface area contributed by atoms with E-state index in [4.69, 9.17) is 5.11 Å². The van der Waals surface area contributed by atoms with Crippen LogP contribution in [0.3, 0.4) is 0 Å². The lowest BCUT2D eigenvalue weighted by Crippen LogP contribution is -2.30. The van der Waals surface area contributed by atoms with E-state index in [1.807, 2.05) is 6.92 Å². The number of carbonyl (C=O) groups excluding carboxylic acids is 2. The Balaban J connectivity index is 1.95. The number of nitrogens with one attached hydrogen (secondary N) is 2. The molecule has 1 aromatic carbocycles. The fourth-order valence-corrected chi connectivity index (χ4v) is 2.14. The molecule has 0 saturated carbocycles. The van der Waals surface area contributed by atoms with Crippen LogP contribution in [0, 0.1) is 6.92 Å². The number of rotatable bonds is 6. The average Bonchev–Trinajstić information content (AvgIpc) is 2.56. The number of aromatic nitrogens is 1. The predicted octanol–water partition coefficient (Wildman–Crippen LogP) is 0.906. The standard InChI is InChI=1S/C18H21N3O4/c1-12-7-8-21(17(24)9-12)11-16(23)20-15-5-3-14(4-6-15)18(25)19-10-13(2)22/h3-9,13,22H,10-11H2,1-2H3,(H,19,25)(H,20,23). The summed E-state index contributed by atoms with van der Waals surface area (Å²) in [6.45, 7) is 3.47. The Kier molecular flexibility index (Phi) is 6.08. The van der Waals surface area contributed by atoms with Gasteiger partial charge in [0, 0.05) is 30.1 Å². The smallest absolute Gasteiger partial charge is 0.251 e. The van der Waals surface area contributed by atoms with Gasteiger partial charge in [0.15, 0.2) is 0 Å². The molecule has 1 unspecified atom stereocenters. The lowest BCUT2D eigenvalue weighted by Gasteiger charge is -2.09. The van der Waals surface area contributed by atoms with E-state index in [1.165, 1.54) is 10.6 Å². The molecule has 1 aromatic heterocycles.